The molecule has 2 fully saturated rings. The second-order valence-electron chi connectivity index (χ2n) is 6.07. The lowest BCUT2D eigenvalue weighted by Gasteiger charge is -2.30. The molecule has 2 N–H and O–H groups in total. The minimum absolute atomic E-state index is 0.0351. The van der Waals surface area contributed by atoms with Crippen LogP contribution in [0.25, 0.3) is 0 Å². The van der Waals surface area contributed by atoms with E-state index in [1.807, 2.05) is 4.90 Å². The zero-order valence-corrected chi connectivity index (χ0v) is 12.5. The van der Waals surface area contributed by atoms with Crippen LogP contribution < -0.4 is 10.6 Å². The predicted octanol–water partition coefficient (Wildman–Crippen LogP) is 0.893. The Morgan fingerprint density at radius 1 is 1.20 bits per heavy atom. The second-order valence-corrected chi connectivity index (χ2v) is 6.07. The quantitative estimate of drug-likeness (QED) is 0.804. The van der Waals surface area contributed by atoms with Crippen molar-refractivity contribution in [3.05, 3.63) is 0 Å². The summed E-state index contributed by atoms with van der Waals surface area (Å²) in [4.78, 5) is 26.1. The molecule has 0 radical (unpaired) electrons. The maximum Gasteiger partial charge on any atom is 0.244 e. The Bertz CT molecular complexity index is 334. The normalized spacial score (nSPS) is 22.4. The van der Waals surface area contributed by atoms with E-state index in [1.54, 1.807) is 6.92 Å². The molecule has 114 valence electrons. The third kappa shape index (κ3) is 4.47. The van der Waals surface area contributed by atoms with E-state index in [0.717, 1.165) is 39.0 Å². The molecule has 0 spiro atoms. The molecule has 5 heteroatoms. The molecule has 2 amide bonds. The number of carbonyl (C=O) groups excluding carboxylic acids is 2. The van der Waals surface area contributed by atoms with Crippen LogP contribution >= 0.6 is 0 Å². The smallest absolute Gasteiger partial charge is 0.244 e. The molecule has 1 aliphatic carbocycles. The molecule has 5 nitrogen and oxygen atoms in total. The van der Waals surface area contributed by atoms with Crippen LogP contribution in [0.5, 0.6) is 0 Å². The van der Waals surface area contributed by atoms with E-state index >= 15 is 0 Å². The summed E-state index contributed by atoms with van der Waals surface area (Å²) in [6, 6.07) is -0.399. The average Bonchev–Trinajstić information content (AvgIpc) is 2.48. The monoisotopic (exact) mass is 281 g/mol. The highest BCUT2D eigenvalue weighted by molar-refractivity contribution is 5.87. The largest absolute Gasteiger partial charge is 0.345 e. The summed E-state index contributed by atoms with van der Waals surface area (Å²) in [6.45, 7) is 4.95. The van der Waals surface area contributed by atoms with Crippen LogP contribution in [0.15, 0.2) is 0 Å². The third-order valence-electron chi connectivity index (χ3n) is 4.38. The Kier molecular flexibility index (Phi) is 5.83. The van der Waals surface area contributed by atoms with Gasteiger partial charge in [-0.2, -0.15) is 0 Å². The van der Waals surface area contributed by atoms with E-state index in [0.29, 0.717) is 12.3 Å². The van der Waals surface area contributed by atoms with E-state index in [4.69, 9.17) is 0 Å². The van der Waals surface area contributed by atoms with Gasteiger partial charge in [-0.05, 0) is 25.7 Å². The molecule has 0 aromatic heterocycles. The highest BCUT2D eigenvalue weighted by Gasteiger charge is 2.24. The Morgan fingerprint density at radius 2 is 1.85 bits per heavy atom. The van der Waals surface area contributed by atoms with Crippen molar-refractivity contribution >= 4 is 11.8 Å². The summed E-state index contributed by atoms with van der Waals surface area (Å²) in [5, 5.41) is 6.10. The predicted molar refractivity (Wildman–Crippen MR) is 78.2 cm³/mol. The number of rotatable bonds is 4. The van der Waals surface area contributed by atoms with Gasteiger partial charge in [-0.15, -0.1) is 0 Å². The summed E-state index contributed by atoms with van der Waals surface area (Å²) in [6.07, 6.45) is 6.69. The number of hydrogen-bond acceptors (Lipinski definition) is 3. The topological polar surface area (TPSA) is 61.4 Å². The molecular formula is C15H27N3O2. The number of hydrogen-bond donors (Lipinski definition) is 2. The molecule has 0 bridgehead atoms. The fraction of sp³-hybridized carbons (Fsp3) is 0.867. The number of nitrogens with zero attached hydrogens (tertiary/aromatic N) is 1. The van der Waals surface area contributed by atoms with Gasteiger partial charge >= 0.3 is 0 Å². The first-order chi connectivity index (χ1) is 9.66. The minimum atomic E-state index is -0.399. The van der Waals surface area contributed by atoms with Crippen LogP contribution in [0.1, 0.15) is 45.4 Å². The number of piperazine rings is 1. The van der Waals surface area contributed by atoms with Crippen molar-refractivity contribution in [1.29, 1.82) is 0 Å². The lowest BCUT2D eigenvalue weighted by Crippen LogP contribution is -2.53. The van der Waals surface area contributed by atoms with Crippen molar-refractivity contribution in [2.24, 2.45) is 5.92 Å². The summed E-state index contributed by atoms with van der Waals surface area (Å²) in [5.41, 5.74) is 0. The van der Waals surface area contributed by atoms with Crippen LogP contribution in [0.4, 0.5) is 0 Å². The molecule has 0 aromatic carbocycles. The van der Waals surface area contributed by atoms with Gasteiger partial charge in [0.25, 0.3) is 0 Å². The Balaban J connectivity index is 1.73. The molecular weight excluding hydrogens is 254 g/mol. The van der Waals surface area contributed by atoms with Crippen molar-refractivity contribution in [2.45, 2.75) is 51.5 Å². The average molecular weight is 281 g/mol. The fourth-order valence-corrected chi connectivity index (χ4v) is 3.17. The van der Waals surface area contributed by atoms with Crippen LogP contribution in [-0.2, 0) is 9.59 Å². The van der Waals surface area contributed by atoms with E-state index in [-0.39, 0.29) is 11.8 Å². The maximum atomic E-state index is 12.2. The van der Waals surface area contributed by atoms with Crippen molar-refractivity contribution in [3.8, 4) is 0 Å². The highest BCUT2D eigenvalue weighted by atomic mass is 16.2. The first-order valence-electron chi connectivity index (χ1n) is 7.95. The third-order valence-corrected chi connectivity index (χ3v) is 4.38. The molecule has 2 rings (SSSR count). The number of carbonyl (C=O) groups is 2. The Morgan fingerprint density at radius 3 is 2.50 bits per heavy atom. The molecule has 20 heavy (non-hydrogen) atoms. The molecule has 1 saturated heterocycles. The maximum absolute atomic E-state index is 12.2. The van der Waals surface area contributed by atoms with Gasteiger partial charge in [0.2, 0.25) is 11.8 Å². The van der Waals surface area contributed by atoms with Crippen molar-refractivity contribution in [2.75, 3.05) is 26.2 Å². The molecule has 1 heterocycles. The van der Waals surface area contributed by atoms with Gasteiger partial charge in [0.05, 0.1) is 0 Å². The standard InChI is InChI=1S/C15H27N3O2/c1-12(15(20)18-9-7-16-8-10-18)17-14(19)11-13-5-3-2-4-6-13/h12-13,16H,2-11H2,1H3,(H,17,19). The second kappa shape index (κ2) is 7.62. The number of nitrogens with one attached hydrogen (secondary N) is 2. The molecule has 1 unspecified atom stereocenters. The molecule has 1 aliphatic heterocycles. The van der Waals surface area contributed by atoms with E-state index in [2.05, 4.69) is 10.6 Å². The van der Waals surface area contributed by atoms with Gasteiger partial charge in [-0.3, -0.25) is 9.59 Å². The molecule has 2 aliphatic rings. The first kappa shape index (κ1) is 15.3. The number of amides is 2. The Labute approximate surface area is 121 Å². The van der Waals surface area contributed by atoms with Crippen molar-refractivity contribution < 1.29 is 9.59 Å². The zero-order chi connectivity index (χ0) is 14.4. The molecule has 0 aromatic rings. The SMILES string of the molecule is CC(NC(=O)CC1CCCCC1)C(=O)N1CCNCC1. The van der Waals surface area contributed by atoms with E-state index in [9.17, 15) is 9.59 Å². The minimum Gasteiger partial charge on any atom is -0.345 e. The van der Waals surface area contributed by atoms with Crippen LogP contribution in [0.2, 0.25) is 0 Å². The molecule has 1 atom stereocenters. The van der Waals surface area contributed by atoms with Gasteiger partial charge in [0.15, 0.2) is 0 Å². The Hall–Kier alpha value is -1.10. The van der Waals surface area contributed by atoms with Crippen molar-refractivity contribution in [1.82, 2.24) is 15.5 Å². The van der Waals surface area contributed by atoms with E-state index < -0.39 is 6.04 Å². The summed E-state index contributed by atoms with van der Waals surface area (Å²) in [7, 11) is 0. The van der Waals surface area contributed by atoms with Gasteiger partial charge in [0, 0.05) is 32.6 Å². The summed E-state index contributed by atoms with van der Waals surface area (Å²) >= 11 is 0. The first-order valence-corrected chi connectivity index (χ1v) is 7.95. The zero-order valence-electron chi connectivity index (χ0n) is 12.5. The highest BCUT2D eigenvalue weighted by Crippen LogP contribution is 2.26. The summed E-state index contributed by atoms with van der Waals surface area (Å²) in [5.74, 6) is 0.599. The lowest BCUT2D eigenvalue weighted by atomic mass is 9.87. The van der Waals surface area contributed by atoms with Crippen LogP contribution in [0.3, 0.4) is 0 Å². The van der Waals surface area contributed by atoms with Gasteiger partial charge in [0.1, 0.15) is 6.04 Å². The van der Waals surface area contributed by atoms with Crippen molar-refractivity contribution in [3.63, 3.8) is 0 Å². The lowest BCUT2D eigenvalue weighted by molar-refractivity contribution is -0.136. The van der Waals surface area contributed by atoms with E-state index in [1.165, 1.54) is 19.3 Å². The van der Waals surface area contributed by atoms with Crippen LogP contribution in [-0.4, -0.2) is 48.9 Å². The van der Waals surface area contributed by atoms with Gasteiger partial charge in [-0.25, -0.2) is 0 Å². The van der Waals surface area contributed by atoms with Gasteiger partial charge < -0.3 is 15.5 Å². The summed E-state index contributed by atoms with van der Waals surface area (Å²) < 4.78 is 0. The molecule has 1 saturated carbocycles. The van der Waals surface area contributed by atoms with Gasteiger partial charge in [-0.1, -0.05) is 19.3 Å². The van der Waals surface area contributed by atoms with Crippen LogP contribution in [0, 0.1) is 5.92 Å². The fourth-order valence-electron chi connectivity index (χ4n) is 3.17.